The van der Waals surface area contributed by atoms with Gasteiger partial charge in [-0.25, -0.2) is 4.98 Å². The zero-order chi connectivity index (χ0) is 12.8. The van der Waals surface area contributed by atoms with Crippen LogP contribution in [-0.4, -0.2) is 27.3 Å². The van der Waals surface area contributed by atoms with Crippen LogP contribution in [0, 0.1) is 5.92 Å². The topological polar surface area (TPSA) is 67.2 Å². The van der Waals surface area contributed by atoms with Crippen molar-refractivity contribution in [3.8, 4) is 0 Å². The van der Waals surface area contributed by atoms with E-state index in [4.69, 9.17) is 0 Å². The average molecular weight is 239 g/mol. The maximum Gasteiger partial charge on any atom is 0.293 e. The molecule has 0 aliphatic heterocycles. The van der Waals surface area contributed by atoms with Gasteiger partial charge in [-0.05, 0) is 19.3 Å². The zero-order valence-electron chi connectivity index (χ0n) is 10.7. The molecular weight excluding hydrogens is 218 g/mol. The van der Waals surface area contributed by atoms with E-state index < -0.39 is 0 Å². The Morgan fingerprint density at radius 3 is 2.76 bits per heavy atom. The molecule has 0 bridgehead atoms. The average Bonchev–Trinajstić information content (AvgIpc) is 2.30. The Kier molecular flexibility index (Phi) is 5.15. The van der Waals surface area contributed by atoms with E-state index in [1.165, 1.54) is 0 Å². The van der Waals surface area contributed by atoms with Gasteiger partial charge in [0.1, 0.15) is 0 Å². The third kappa shape index (κ3) is 3.85. The van der Waals surface area contributed by atoms with Crippen LogP contribution in [0.3, 0.4) is 0 Å². The fourth-order valence-corrected chi connectivity index (χ4v) is 1.74. The summed E-state index contributed by atoms with van der Waals surface area (Å²) in [6, 6.07) is -0.122. The standard InChI is InChI=1S/C12H21N3O2/c1-4-15-6-5-13-11(12(15)17)14-10(8-16)7-9(2)3/h5-6,9-10,16H,4,7-8H2,1-3H3,(H,13,14). The molecule has 2 N–H and O–H groups in total. The van der Waals surface area contributed by atoms with Gasteiger partial charge in [0.15, 0.2) is 5.82 Å². The summed E-state index contributed by atoms with van der Waals surface area (Å²) in [4.78, 5) is 15.9. The van der Waals surface area contributed by atoms with Crippen LogP contribution in [0.25, 0.3) is 0 Å². The summed E-state index contributed by atoms with van der Waals surface area (Å²) in [5, 5.41) is 12.3. The van der Waals surface area contributed by atoms with Gasteiger partial charge in [-0.3, -0.25) is 4.79 Å². The first-order valence-corrected chi connectivity index (χ1v) is 6.01. The maximum atomic E-state index is 11.9. The second kappa shape index (κ2) is 6.39. The normalized spacial score (nSPS) is 12.8. The minimum Gasteiger partial charge on any atom is -0.394 e. The van der Waals surface area contributed by atoms with Crippen molar-refractivity contribution in [2.45, 2.75) is 39.8 Å². The summed E-state index contributed by atoms with van der Waals surface area (Å²) in [6.07, 6.45) is 4.06. The molecule has 1 unspecified atom stereocenters. The van der Waals surface area contributed by atoms with Crippen LogP contribution in [0.4, 0.5) is 5.82 Å². The number of aliphatic hydroxyl groups excluding tert-OH is 1. The van der Waals surface area contributed by atoms with Gasteiger partial charge in [0, 0.05) is 18.9 Å². The molecule has 0 amide bonds. The van der Waals surface area contributed by atoms with E-state index in [0.717, 1.165) is 6.42 Å². The molecule has 5 heteroatoms. The minimum absolute atomic E-state index is 0.000317. The summed E-state index contributed by atoms with van der Waals surface area (Å²) in [5.41, 5.74) is -0.141. The van der Waals surface area contributed by atoms with Crippen molar-refractivity contribution in [1.82, 2.24) is 9.55 Å². The number of hydrogen-bond donors (Lipinski definition) is 2. The Morgan fingerprint density at radius 2 is 2.24 bits per heavy atom. The van der Waals surface area contributed by atoms with Crippen LogP contribution in [0.5, 0.6) is 0 Å². The molecule has 96 valence electrons. The molecule has 1 heterocycles. The van der Waals surface area contributed by atoms with Crippen LogP contribution >= 0.6 is 0 Å². The highest BCUT2D eigenvalue weighted by Gasteiger charge is 2.12. The van der Waals surface area contributed by atoms with Gasteiger partial charge in [-0.1, -0.05) is 13.8 Å². The number of nitrogens with one attached hydrogen (secondary N) is 1. The van der Waals surface area contributed by atoms with Gasteiger partial charge < -0.3 is 15.0 Å². The highest BCUT2D eigenvalue weighted by atomic mass is 16.3. The molecule has 0 radical (unpaired) electrons. The monoisotopic (exact) mass is 239 g/mol. The lowest BCUT2D eigenvalue weighted by Gasteiger charge is -2.18. The van der Waals surface area contributed by atoms with Gasteiger partial charge in [0.25, 0.3) is 5.56 Å². The molecule has 0 aromatic carbocycles. The minimum atomic E-state index is -0.141. The van der Waals surface area contributed by atoms with E-state index in [9.17, 15) is 9.90 Å². The number of aliphatic hydroxyl groups is 1. The number of anilines is 1. The van der Waals surface area contributed by atoms with E-state index in [-0.39, 0.29) is 18.2 Å². The van der Waals surface area contributed by atoms with Crippen molar-refractivity contribution in [1.29, 1.82) is 0 Å². The van der Waals surface area contributed by atoms with Crippen molar-refractivity contribution >= 4 is 5.82 Å². The number of rotatable bonds is 6. The van der Waals surface area contributed by atoms with Crippen LogP contribution in [0.2, 0.25) is 0 Å². The lowest BCUT2D eigenvalue weighted by Crippen LogP contribution is -2.31. The predicted octanol–water partition coefficient (Wildman–Crippen LogP) is 1.08. The van der Waals surface area contributed by atoms with E-state index in [1.54, 1.807) is 17.0 Å². The molecule has 0 fully saturated rings. The molecule has 0 saturated carbocycles. The third-order valence-electron chi connectivity index (χ3n) is 2.57. The maximum absolute atomic E-state index is 11.9. The second-order valence-corrected chi connectivity index (χ2v) is 4.52. The lowest BCUT2D eigenvalue weighted by atomic mass is 10.0. The van der Waals surface area contributed by atoms with Gasteiger partial charge >= 0.3 is 0 Å². The van der Waals surface area contributed by atoms with Crippen LogP contribution in [0.1, 0.15) is 27.2 Å². The Hall–Kier alpha value is -1.36. The van der Waals surface area contributed by atoms with E-state index in [1.807, 2.05) is 6.92 Å². The highest BCUT2D eigenvalue weighted by molar-refractivity contribution is 5.32. The number of hydrogen-bond acceptors (Lipinski definition) is 4. The molecule has 0 spiro atoms. The van der Waals surface area contributed by atoms with Crippen LogP contribution in [0.15, 0.2) is 17.2 Å². The number of nitrogens with zero attached hydrogens (tertiary/aromatic N) is 2. The molecular formula is C12H21N3O2. The van der Waals surface area contributed by atoms with Crippen molar-refractivity contribution < 1.29 is 5.11 Å². The number of aryl methyl sites for hydroxylation is 1. The quantitative estimate of drug-likeness (QED) is 0.779. The van der Waals surface area contributed by atoms with E-state index in [0.29, 0.717) is 18.3 Å². The summed E-state index contributed by atoms with van der Waals surface area (Å²) in [5.74, 6) is 0.769. The fourth-order valence-electron chi connectivity index (χ4n) is 1.74. The second-order valence-electron chi connectivity index (χ2n) is 4.52. The fraction of sp³-hybridized carbons (Fsp3) is 0.667. The summed E-state index contributed by atoms with van der Waals surface area (Å²) in [6.45, 7) is 6.67. The molecule has 1 rings (SSSR count). The Bertz CT molecular complexity index is 401. The number of aromatic nitrogens is 2. The van der Waals surface area contributed by atoms with Crippen molar-refractivity contribution in [2.75, 3.05) is 11.9 Å². The van der Waals surface area contributed by atoms with Crippen LogP contribution < -0.4 is 10.9 Å². The summed E-state index contributed by atoms with van der Waals surface area (Å²) < 4.78 is 1.58. The molecule has 1 aromatic heterocycles. The van der Waals surface area contributed by atoms with E-state index in [2.05, 4.69) is 24.1 Å². The zero-order valence-corrected chi connectivity index (χ0v) is 10.7. The Morgan fingerprint density at radius 1 is 1.53 bits per heavy atom. The van der Waals surface area contributed by atoms with E-state index >= 15 is 0 Å². The SMILES string of the molecule is CCn1ccnc(NC(CO)CC(C)C)c1=O. The first-order chi connectivity index (χ1) is 8.08. The van der Waals surface area contributed by atoms with Crippen molar-refractivity contribution in [2.24, 2.45) is 5.92 Å². The highest BCUT2D eigenvalue weighted by Crippen LogP contribution is 2.07. The largest absolute Gasteiger partial charge is 0.394 e. The smallest absolute Gasteiger partial charge is 0.293 e. The Balaban J connectivity index is 2.83. The Labute approximate surface area is 102 Å². The van der Waals surface area contributed by atoms with Gasteiger partial charge in [-0.2, -0.15) is 0 Å². The van der Waals surface area contributed by atoms with Gasteiger partial charge in [-0.15, -0.1) is 0 Å². The summed E-state index contributed by atoms with van der Waals surface area (Å²) >= 11 is 0. The first kappa shape index (κ1) is 13.7. The van der Waals surface area contributed by atoms with Crippen LogP contribution in [-0.2, 0) is 6.54 Å². The van der Waals surface area contributed by atoms with Gasteiger partial charge in [0.05, 0.1) is 12.6 Å². The molecule has 0 aliphatic rings. The van der Waals surface area contributed by atoms with Gasteiger partial charge in [0.2, 0.25) is 0 Å². The summed E-state index contributed by atoms with van der Waals surface area (Å²) in [7, 11) is 0. The lowest BCUT2D eigenvalue weighted by molar-refractivity contribution is 0.259. The molecule has 1 aromatic rings. The molecule has 0 aliphatic carbocycles. The third-order valence-corrected chi connectivity index (χ3v) is 2.57. The predicted molar refractivity (Wildman–Crippen MR) is 68.1 cm³/mol. The van der Waals surface area contributed by atoms with Crippen molar-refractivity contribution in [3.05, 3.63) is 22.7 Å². The first-order valence-electron chi connectivity index (χ1n) is 6.01. The molecule has 0 saturated heterocycles. The molecule has 5 nitrogen and oxygen atoms in total. The van der Waals surface area contributed by atoms with Crippen molar-refractivity contribution in [3.63, 3.8) is 0 Å². The molecule has 17 heavy (non-hydrogen) atoms. The molecule has 1 atom stereocenters.